The van der Waals surface area contributed by atoms with Gasteiger partial charge in [0, 0.05) is 19.8 Å². The molecule has 2 rings (SSSR count). The lowest BCUT2D eigenvalue weighted by Gasteiger charge is -2.13. The minimum Gasteiger partial charge on any atom is -0.508 e. The number of unbranched alkanes of at least 4 members (excludes halogenated alkanes) is 3. The van der Waals surface area contributed by atoms with Gasteiger partial charge in [-0.05, 0) is 73.1 Å². The van der Waals surface area contributed by atoms with Crippen LogP contribution in [0.3, 0.4) is 0 Å². The molecule has 0 spiro atoms. The van der Waals surface area contributed by atoms with E-state index in [1.165, 1.54) is 32.6 Å². The third-order valence-electron chi connectivity index (χ3n) is 4.63. The Morgan fingerprint density at radius 2 is 1.81 bits per heavy atom. The van der Waals surface area contributed by atoms with Crippen molar-refractivity contribution in [1.82, 2.24) is 9.73 Å². The van der Waals surface area contributed by atoms with Crippen LogP contribution in [-0.4, -0.2) is 42.7 Å². The highest BCUT2D eigenvalue weighted by molar-refractivity contribution is 7.89. The Balaban J connectivity index is 2.11. The van der Waals surface area contributed by atoms with Gasteiger partial charge in [0.05, 0.1) is 10.6 Å². The van der Waals surface area contributed by atoms with Crippen molar-refractivity contribution in [2.24, 2.45) is 5.10 Å². The molecule has 0 amide bonds. The van der Waals surface area contributed by atoms with Crippen molar-refractivity contribution in [3.8, 4) is 5.75 Å². The fourth-order valence-corrected chi connectivity index (χ4v) is 3.97. The Morgan fingerprint density at radius 3 is 2.45 bits per heavy atom. The van der Waals surface area contributed by atoms with E-state index in [2.05, 4.69) is 22.8 Å². The summed E-state index contributed by atoms with van der Waals surface area (Å²) in [5.41, 5.74) is 5.14. The fraction of sp³-hybridized carbons (Fsp3) is 0.364. The summed E-state index contributed by atoms with van der Waals surface area (Å²) in [5, 5.41) is 17.2. The molecule has 0 aliphatic rings. The molecule has 0 saturated heterocycles. The maximum atomic E-state index is 12.3. The second-order valence-corrected chi connectivity index (χ2v) is 9.86. The zero-order chi connectivity index (χ0) is 22.9. The van der Waals surface area contributed by atoms with Crippen molar-refractivity contribution in [2.45, 2.75) is 43.9 Å². The monoisotopic (exact) mass is 462 g/mol. The van der Waals surface area contributed by atoms with Gasteiger partial charge in [0.15, 0.2) is 5.11 Å². The third kappa shape index (κ3) is 7.61. The number of aromatic hydroxyl groups is 1. The van der Waals surface area contributed by atoms with Crippen LogP contribution in [0.4, 0.5) is 5.69 Å². The van der Waals surface area contributed by atoms with Crippen molar-refractivity contribution in [3.05, 3.63) is 54.1 Å². The molecule has 7 nitrogen and oxygen atoms in total. The van der Waals surface area contributed by atoms with E-state index < -0.39 is 10.0 Å². The molecule has 168 valence electrons. The van der Waals surface area contributed by atoms with E-state index in [1.54, 1.807) is 24.3 Å². The van der Waals surface area contributed by atoms with E-state index in [-0.39, 0.29) is 15.8 Å². The number of hydrogen-bond donors (Lipinski definition) is 3. The first-order valence-corrected chi connectivity index (χ1v) is 12.0. The standard InChI is InChI=1S/C22H30N4O3S2/c1-4-5-6-7-11-21(17-12-14-19(27)15-13-17)24-25-22(30)23-18-9-8-10-20(16-18)31(28,29)26(2)3/h8-10,12-16,27H,4-7,11H2,1-3H3,(H2,23,25,30). The highest BCUT2D eigenvalue weighted by Crippen LogP contribution is 2.18. The number of phenolic OH excluding ortho intramolecular Hbond substituents is 1. The molecule has 31 heavy (non-hydrogen) atoms. The van der Waals surface area contributed by atoms with Gasteiger partial charge >= 0.3 is 0 Å². The van der Waals surface area contributed by atoms with E-state index >= 15 is 0 Å². The molecule has 9 heteroatoms. The van der Waals surface area contributed by atoms with Gasteiger partial charge in [-0.2, -0.15) is 5.10 Å². The molecule has 0 radical (unpaired) electrons. The average Bonchev–Trinajstić information content (AvgIpc) is 2.74. The highest BCUT2D eigenvalue weighted by atomic mass is 32.2. The number of hydrogen-bond acceptors (Lipinski definition) is 5. The number of benzene rings is 2. The molecule has 2 aromatic rings. The van der Waals surface area contributed by atoms with Crippen LogP contribution in [0, 0.1) is 0 Å². The highest BCUT2D eigenvalue weighted by Gasteiger charge is 2.17. The summed E-state index contributed by atoms with van der Waals surface area (Å²) >= 11 is 5.34. The number of anilines is 1. The van der Waals surface area contributed by atoms with Gasteiger partial charge in [-0.15, -0.1) is 0 Å². The Kier molecular flexibility index (Phi) is 9.42. The first-order valence-electron chi connectivity index (χ1n) is 10.2. The van der Waals surface area contributed by atoms with Crippen molar-refractivity contribution in [3.63, 3.8) is 0 Å². The lowest BCUT2D eigenvalue weighted by atomic mass is 10.0. The van der Waals surface area contributed by atoms with Gasteiger partial charge in [0.2, 0.25) is 10.0 Å². The van der Waals surface area contributed by atoms with Gasteiger partial charge in [-0.3, -0.25) is 5.43 Å². The number of hydrazone groups is 1. The van der Waals surface area contributed by atoms with Gasteiger partial charge in [-0.1, -0.05) is 32.3 Å². The molecule has 0 aliphatic heterocycles. The summed E-state index contributed by atoms with van der Waals surface area (Å²) in [6.07, 6.45) is 5.21. The summed E-state index contributed by atoms with van der Waals surface area (Å²) in [7, 11) is -0.558. The Morgan fingerprint density at radius 1 is 1.10 bits per heavy atom. The van der Waals surface area contributed by atoms with E-state index in [9.17, 15) is 13.5 Å². The first kappa shape index (κ1) is 24.8. The smallest absolute Gasteiger partial charge is 0.242 e. The van der Waals surface area contributed by atoms with Gasteiger partial charge in [-0.25, -0.2) is 12.7 Å². The van der Waals surface area contributed by atoms with Crippen LogP contribution in [-0.2, 0) is 10.0 Å². The number of rotatable bonds is 10. The molecule has 0 bridgehead atoms. The largest absolute Gasteiger partial charge is 0.508 e. The molecule has 0 saturated carbocycles. The predicted molar refractivity (Wildman–Crippen MR) is 130 cm³/mol. The normalized spacial score (nSPS) is 12.1. The molecule has 0 aliphatic carbocycles. The average molecular weight is 463 g/mol. The zero-order valence-electron chi connectivity index (χ0n) is 18.1. The zero-order valence-corrected chi connectivity index (χ0v) is 19.8. The van der Waals surface area contributed by atoms with E-state index in [1.807, 2.05) is 12.1 Å². The molecule has 0 atom stereocenters. The van der Waals surface area contributed by atoms with Gasteiger partial charge in [0.1, 0.15) is 5.75 Å². The number of thiocarbonyl (C=S) groups is 1. The second-order valence-electron chi connectivity index (χ2n) is 7.30. The van der Waals surface area contributed by atoms with E-state index in [4.69, 9.17) is 12.2 Å². The van der Waals surface area contributed by atoms with Crippen LogP contribution >= 0.6 is 12.2 Å². The molecule has 0 heterocycles. The van der Waals surface area contributed by atoms with Crippen molar-refractivity contribution < 1.29 is 13.5 Å². The molecule has 2 aromatic carbocycles. The van der Waals surface area contributed by atoms with Crippen LogP contribution in [0.25, 0.3) is 0 Å². The number of nitrogens with zero attached hydrogens (tertiary/aromatic N) is 2. The van der Waals surface area contributed by atoms with E-state index in [0.29, 0.717) is 5.69 Å². The molecular formula is C22H30N4O3S2. The minimum absolute atomic E-state index is 0.175. The van der Waals surface area contributed by atoms with E-state index in [0.717, 1.165) is 41.3 Å². The summed E-state index contributed by atoms with van der Waals surface area (Å²) in [4.78, 5) is 0.175. The topological polar surface area (TPSA) is 94.0 Å². The molecule has 3 N–H and O–H groups in total. The minimum atomic E-state index is -3.53. The quantitative estimate of drug-likeness (QED) is 0.211. The third-order valence-corrected chi connectivity index (χ3v) is 6.63. The van der Waals surface area contributed by atoms with Gasteiger partial charge in [0.25, 0.3) is 0 Å². The van der Waals surface area contributed by atoms with Gasteiger partial charge < -0.3 is 10.4 Å². The summed E-state index contributed by atoms with van der Waals surface area (Å²) < 4.78 is 25.8. The van der Waals surface area contributed by atoms with Crippen LogP contribution in [0.1, 0.15) is 44.6 Å². The summed E-state index contributed by atoms with van der Waals surface area (Å²) in [6, 6.07) is 13.4. The Labute approximate surface area is 190 Å². The number of nitrogens with one attached hydrogen (secondary N) is 2. The molecule has 0 unspecified atom stereocenters. The SMILES string of the molecule is CCCCCCC(=NNC(=S)Nc1cccc(S(=O)(=O)N(C)C)c1)c1ccc(O)cc1. The molecule has 0 fully saturated rings. The van der Waals surface area contributed by atoms with Crippen molar-refractivity contribution in [1.29, 1.82) is 0 Å². The molecular weight excluding hydrogens is 432 g/mol. The van der Waals surface area contributed by atoms with Crippen LogP contribution in [0.2, 0.25) is 0 Å². The lowest BCUT2D eigenvalue weighted by Crippen LogP contribution is -2.26. The fourth-order valence-electron chi connectivity index (χ4n) is 2.86. The maximum Gasteiger partial charge on any atom is 0.242 e. The second kappa shape index (κ2) is 11.8. The van der Waals surface area contributed by atoms with Crippen LogP contribution in [0.5, 0.6) is 5.75 Å². The Hall–Kier alpha value is -2.49. The van der Waals surface area contributed by atoms with Crippen molar-refractivity contribution >= 4 is 38.8 Å². The Bertz CT molecular complexity index is 1000. The van der Waals surface area contributed by atoms with Crippen LogP contribution < -0.4 is 10.7 Å². The summed E-state index contributed by atoms with van der Waals surface area (Å²) in [5.74, 6) is 0.201. The number of phenols is 1. The maximum absolute atomic E-state index is 12.3. The lowest BCUT2D eigenvalue weighted by molar-refractivity contribution is 0.475. The number of sulfonamides is 1. The predicted octanol–water partition coefficient (Wildman–Crippen LogP) is 4.30. The van der Waals surface area contributed by atoms with Crippen LogP contribution in [0.15, 0.2) is 58.5 Å². The first-order chi connectivity index (χ1) is 14.7. The van der Waals surface area contributed by atoms with Crippen molar-refractivity contribution in [2.75, 3.05) is 19.4 Å². The summed E-state index contributed by atoms with van der Waals surface area (Å²) in [6.45, 7) is 2.17. The molecule has 0 aromatic heterocycles.